The smallest absolute Gasteiger partial charge is 0.246 e. The lowest BCUT2D eigenvalue weighted by Gasteiger charge is -2.36. The minimum absolute atomic E-state index is 0.00552. The van der Waals surface area contributed by atoms with Gasteiger partial charge in [0.25, 0.3) is 0 Å². The number of para-hydroxylation sites is 2. The Bertz CT molecular complexity index is 4800. The van der Waals surface area contributed by atoms with Crippen LogP contribution in [0.25, 0.3) is 21.8 Å². The molecule has 3 saturated heterocycles. The molecule has 698 valence electrons. The average molecular weight is 1800 g/mol. The van der Waals surface area contributed by atoms with Crippen LogP contribution in [0.1, 0.15) is 128 Å². The number of aliphatic hydroxyl groups excluding tert-OH is 1. The van der Waals surface area contributed by atoms with E-state index in [0.717, 1.165) is 31.4 Å². The zero-order valence-corrected chi connectivity index (χ0v) is 74.3. The molecule has 3 fully saturated rings. The van der Waals surface area contributed by atoms with E-state index < -0.39 is 235 Å². The molecule has 3 aliphatic heterocycles. The number of hydrogen-bond acceptors (Lipinski definition) is 23. The van der Waals surface area contributed by atoms with E-state index in [9.17, 15) is 63.0 Å². The van der Waals surface area contributed by atoms with E-state index in [4.69, 9.17) is 28.7 Å². The highest BCUT2D eigenvalue weighted by molar-refractivity contribution is 8.00. The second kappa shape index (κ2) is 48.0. The molecule has 0 radical (unpaired) electrons. The van der Waals surface area contributed by atoms with E-state index in [-0.39, 0.29) is 89.0 Å². The van der Waals surface area contributed by atoms with Gasteiger partial charge in [0.15, 0.2) is 0 Å². The molecule has 17 amide bonds. The maximum absolute atomic E-state index is 15.7. The highest BCUT2D eigenvalue weighted by atomic mass is 32.2. The molecular weight excluding hydrogens is 1680 g/mol. The molecular formula is C86H124N22O19S. The number of aliphatic hydroxyl groups is 1. The van der Waals surface area contributed by atoms with Gasteiger partial charge in [0.2, 0.25) is 100 Å². The van der Waals surface area contributed by atoms with Crippen LogP contribution in [0.2, 0.25) is 0 Å². The standard InChI is InChI=1S/C86H124N22O19S/c1-9-11-22-66-79(120)101-64(39-89)78(119)103-65(74(115)94-42-71(91)112)44-128-45-72(113)95-60(33-48-25-27-51(109)28-26-48)82(123)104(6)47(5)73(114)98-62(37-70(90)111)84(125)107-31-17-24-67(107)80(121)102-63(38-88)77(118)99-59(32-46(3)4)85(126)108-43-52(110)36-69(108)81(122)97-58(34-49-40-92-55-20-15-13-18-53(49)55)76(117)96-57(29-30-87)75(116)100-61(35-50-41-93-56-21-16-14-19-54(50)56)83(124)106(8)68(23-12-10-2)86(127)105(66)7/h13-16,18-21,25-28,40-41,46-47,52,57-69,92-93,109-110H,9-12,17,22-24,29-39,42-45,87-89H2,1-8H3,(H2,90,111)(H2,91,112)(H,94,115)(H,95,113)(H,96,117)(H,97,122)(H,98,114)(H,99,118)(H,100,116)(H,101,120)(H,102,121)(H,103,119)/t47-,52+,57-,58-,59-,60-,61-,62-,63-,64-,65-,66-,67-,68-,69-/m0/s1. The van der Waals surface area contributed by atoms with Crippen LogP contribution in [0.4, 0.5) is 0 Å². The number of unbranched alkanes of at least 4 members (excludes halogenated alkanes) is 2. The molecule has 0 aliphatic carbocycles. The zero-order valence-electron chi connectivity index (χ0n) is 73.4. The van der Waals surface area contributed by atoms with Gasteiger partial charge in [-0.15, -0.1) is 11.8 Å². The minimum atomic E-state index is -1.76. The van der Waals surface area contributed by atoms with Gasteiger partial charge in [-0.1, -0.05) is 102 Å². The highest BCUT2D eigenvalue weighted by Crippen LogP contribution is 2.28. The first-order valence-corrected chi connectivity index (χ1v) is 44.3. The van der Waals surface area contributed by atoms with Crippen LogP contribution in [0, 0.1) is 5.92 Å². The SMILES string of the molecule is CCCC[C@H]1C(=O)N(C)[C@@H](CCCC)C(=O)N[C@@H](CN)C(=O)N[C@H](C(=O)NCC(N)=O)CSCC(=O)N[C@@H](Cc2ccc(O)cc2)C(=O)N(C)[C@@H](C)C(=O)N[C@@H](CC(N)=O)C(=O)N2CCC[C@H]2C(=O)N[C@@H](CN)C(=O)N[C@@H](CC(C)C)C(=O)N2C[C@H](O)C[C@H]2C(=O)N[C@@H](Cc2c[nH]c3ccccc23)C(=O)N[C@@H](CCN)C(=O)N[C@@H](Cc2c[nH]c3ccccc23)C(=O)N1C. The number of phenols is 1. The maximum Gasteiger partial charge on any atom is 0.246 e. The van der Waals surface area contributed by atoms with Gasteiger partial charge in [0.05, 0.1) is 24.8 Å². The number of nitrogens with zero attached hydrogens (tertiary/aromatic N) is 5. The van der Waals surface area contributed by atoms with Gasteiger partial charge < -0.3 is 127 Å². The third-order valence-corrected chi connectivity index (χ3v) is 24.1. The van der Waals surface area contributed by atoms with E-state index in [1.807, 2.05) is 13.8 Å². The van der Waals surface area contributed by atoms with Crippen molar-refractivity contribution in [2.45, 2.75) is 222 Å². The number of phenolic OH excluding ortho intramolecular Hbond substituents is 1. The van der Waals surface area contributed by atoms with Crippen molar-refractivity contribution in [3.05, 3.63) is 102 Å². The van der Waals surface area contributed by atoms with Gasteiger partial charge >= 0.3 is 0 Å². The van der Waals surface area contributed by atoms with E-state index in [0.29, 0.717) is 64.2 Å². The van der Waals surface area contributed by atoms with Crippen molar-refractivity contribution in [1.29, 1.82) is 0 Å². The van der Waals surface area contributed by atoms with Gasteiger partial charge in [-0.3, -0.25) is 81.5 Å². The molecule has 5 aromatic rings. The number of nitrogens with one attached hydrogen (secondary N) is 12. The molecule has 3 aliphatic rings. The first-order valence-electron chi connectivity index (χ1n) is 43.1. The number of carbonyl (C=O) groups excluding carboxylic acids is 17. The van der Waals surface area contributed by atoms with E-state index in [1.54, 1.807) is 74.8 Å². The number of fused-ring (bicyclic) bond motifs is 4. The number of aromatic amines is 2. The Balaban J connectivity index is 1.17. The van der Waals surface area contributed by atoms with Gasteiger partial charge in [0, 0.05) is 113 Å². The molecule has 0 spiro atoms. The first-order chi connectivity index (χ1) is 60.9. The third kappa shape index (κ3) is 27.4. The number of benzene rings is 3. The number of aromatic hydroxyl groups is 1. The number of primary amides is 2. The van der Waals surface area contributed by atoms with Gasteiger partial charge in [-0.2, -0.15) is 0 Å². The number of nitrogens with two attached hydrogens (primary N) is 5. The molecule has 128 heavy (non-hydrogen) atoms. The Labute approximate surface area is 745 Å². The summed E-state index contributed by atoms with van der Waals surface area (Å²) in [7, 11) is 3.94. The Kier molecular flexibility index (Phi) is 38.0. The normalized spacial score (nSPS) is 25.5. The topological polar surface area (TPSA) is 629 Å². The Hall–Kier alpha value is -12.3. The highest BCUT2D eigenvalue weighted by Gasteiger charge is 2.47. The van der Waals surface area contributed by atoms with Crippen LogP contribution in [0.15, 0.2) is 85.2 Å². The van der Waals surface area contributed by atoms with E-state index in [2.05, 4.69) is 63.1 Å². The fraction of sp³-hybridized carbons (Fsp3) is 0.547. The van der Waals surface area contributed by atoms with Crippen molar-refractivity contribution in [3.63, 3.8) is 0 Å². The van der Waals surface area contributed by atoms with Gasteiger partial charge in [0.1, 0.15) is 90.3 Å². The molecule has 0 saturated carbocycles. The lowest BCUT2D eigenvalue weighted by atomic mass is 9.99. The summed E-state index contributed by atoms with van der Waals surface area (Å²) >= 11 is 0.764. The molecule has 5 heterocycles. The molecule has 0 bridgehead atoms. The summed E-state index contributed by atoms with van der Waals surface area (Å²) in [4.78, 5) is 259. The molecule has 3 aromatic carbocycles. The monoisotopic (exact) mass is 1800 g/mol. The van der Waals surface area contributed by atoms with Crippen LogP contribution >= 0.6 is 11.8 Å². The number of carbonyl (C=O) groups is 17. The summed E-state index contributed by atoms with van der Waals surface area (Å²) in [5, 5.41) is 49.1. The Morgan fingerprint density at radius 1 is 0.523 bits per heavy atom. The fourth-order valence-electron chi connectivity index (χ4n) is 15.9. The largest absolute Gasteiger partial charge is 0.508 e. The molecule has 42 heteroatoms. The van der Waals surface area contributed by atoms with Crippen molar-refractivity contribution < 1.29 is 91.7 Å². The summed E-state index contributed by atoms with van der Waals surface area (Å²) in [6.45, 7) is 5.81. The van der Waals surface area contributed by atoms with Crippen molar-refractivity contribution in [3.8, 4) is 5.75 Å². The predicted molar refractivity (Wildman–Crippen MR) is 473 cm³/mol. The summed E-state index contributed by atoms with van der Waals surface area (Å²) in [5.74, 6) is -17.1. The van der Waals surface area contributed by atoms with Crippen molar-refractivity contribution >= 4 is 134 Å². The van der Waals surface area contributed by atoms with Crippen molar-refractivity contribution in [2.24, 2.45) is 34.6 Å². The summed E-state index contributed by atoms with van der Waals surface area (Å²) in [6, 6.07) is -1.39. The first kappa shape index (κ1) is 101. The lowest BCUT2D eigenvalue weighted by Crippen LogP contribution is -2.62. The van der Waals surface area contributed by atoms with Crippen LogP contribution in [0.3, 0.4) is 0 Å². The molecule has 2 aromatic heterocycles. The predicted octanol–water partition coefficient (Wildman–Crippen LogP) is -3.88. The van der Waals surface area contributed by atoms with Gasteiger partial charge in [-0.25, -0.2) is 0 Å². The second-order valence-electron chi connectivity index (χ2n) is 33.1. The second-order valence-corrected chi connectivity index (χ2v) is 34.1. The molecule has 41 nitrogen and oxygen atoms in total. The number of likely N-dealkylation sites (N-methyl/N-ethyl adjacent to an activating group) is 3. The third-order valence-electron chi connectivity index (χ3n) is 23.1. The van der Waals surface area contributed by atoms with Crippen LogP contribution in [0.5, 0.6) is 5.75 Å². The lowest BCUT2D eigenvalue weighted by molar-refractivity contribution is -0.149. The van der Waals surface area contributed by atoms with Crippen LogP contribution in [-0.2, 0) is 101 Å². The Morgan fingerprint density at radius 2 is 1.02 bits per heavy atom. The molecule has 15 atom stereocenters. The summed E-state index contributed by atoms with van der Waals surface area (Å²) < 4.78 is 0. The zero-order chi connectivity index (χ0) is 93.9. The maximum atomic E-state index is 15.7. The van der Waals surface area contributed by atoms with Crippen molar-refractivity contribution in [1.82, 2.24) is 87.6 Å². The fourth-order valence-corrected chi connectivity index (χ4v) is 16.7. The number of rotatable bonds is 23. The minimum Gasteiger partial charge on any atom is -0.508 e. The average Bonchev–Trinajstić information content (AvgIpc) is 0.849. The summed E-state index contributed by atoms with van der Waals surface area (Å²) in [5.41, 5.74) is 32.5. The summed E-state index contributed by atoms with van der Waals surface area (Å²) in [6.07, 6.45) is 1.70. The molecule has 8 rings (SSSR count). The number of aromatic nitrogens is 2. The quantitative estimate of drug-likeness (QED) is 0.0297. The number of hydrogen-bond donors (Lipinski definition) is 19. The van der Waals surface area contributed by atoms with Crippen molar-refractivity contribution in [2.75, 3.05) is 71.9 Å². The Morgan fingerprint density at radius 3 is 1.61 bits per heavy atom. The number of thioether (sulfide) groups is 1. The number of H-pyrrole nitrogens is 2. The molecule has 24 N–H and O–H groups in total. The molecule has 0 unspecified atom stereocenters. The van der Waals surface area contributed by atoms with Crippen LogP contribution in [-0.4, -0.2) is 308 Å². The van der Waals surface area contributed by atoms with Gasteiger partial charge in [-0.05, 0) is 98.9 Å². The van der Waals surface area contributed by atoms with E-state index in [1.165, 1.54) is 57.2 Å². The van der Waals surface area contributed by atoms with E-state index >= 15 is 28.8 Å². The van der Waals surface area contributed by atoms with Crippen LogP contribution < -0.4 is 81.8 Å². The number of amides is 17.